The largest absolute Gasteiger partial charge is 0.497 e. The van der Waals surface area contributed by atoms with E-state index in [2.05, 4.69) is 39.4 Å². The van der Waals surface area contributed by atoms with Crippen LogP contribution in [0.5, 0.6) is 5.75 Å². The van der Waals surface area contributed by atoms with E-state index in [1.807, 2.05) is 41.6 Å². The van der Waals surface area contributed by atoms with Crippen molar-refractivity contribution >= 4 is 44.4 Å². The molecule has 12 heteroatoms. The highest BCUT2D eigenvalue weighted by Crippen LogP contribution is 2.48. The first-order valence-electron chi connectivity index (χ1n) is 18.6. The molecule has 1 aliphatic carbocycles. The zero-order chi connectivity index (χ0) is 36.9. The second-order valence-electron chi connectivity index (χ2n) is 14.8. The Morgan fingerprint density at radius 2 is 1.75 bits per heavy atom. The number of methoxy groups -OCH3 is 1. The van der Waals surface area contributed by atoms with Gasteiger partial charge in [-0.25, -0.2) is 13.1 Å². The number of hydrogen-bond donors (Lipinski definition) is 1. The van der Waals surface area contributed by atoms with Gasteiger partial charge in [0.2, 0.25) is 10.0 Å². The number of nitrogens with one attached hydrogen (secondary N) is 1. The Morgan fingerprint density at radius 1 is 1.02 bits per heavy atom. The van der Waals surface area contributed by atoms with Crippen LogP contribution < -0.4 is 9.46 Å². The van der Waals surface area contributed by atoms with Gasteiger partial charge in [0.05, 0.1) is 23.7 Å². The van der Waals surface area contributed by atoms with E-state index < -0.39 is 21.2 Å². The fourth-order valence-corrected chi connectivity index (χ4v) is 8.82. The number of fused-ring (bicyclic) bond motifs is 5. The standard InChI is InChI=1S/C40H50N6O5S/c1-7-46-38(40(48)44-19-17-43(5)18-20-44)35(26(4)41-46)30-21-29-22-31(51-6)14-16-32(29)37-36(27-11-9-8-10-12-27)33-15-13-28(23-34(33)45(37)24-30)39(47)42-52(49,50)25(2)3/h13-16,21-23,25,27H,7-12,17-20,24H2,1-6H3,(H,42,47). The molecule has 0 radical (unpaired) electrons. The number of carbonyl (C=O) groups excluding carboxylic acids is 2. The highest BCUT2D eigenvalue weighted by Gasteiger charge is 2.34. The van der Waals surface area contributed by atoms with Gasteiger partial charge in [0.25, 0.3) is 11.8 Å². The molecule has 1 saturated heterocycles. The van der Waals surface area contributed by atoms with Crippen LogP contribution in [0.1, 0.15) is 102 Å². The molecule has 2 aliphatic heterocycles. The molecule has 0 atom stereocenters. The number of aromatic nitrogens is 3. The highest BCUT2D eigenvalue weighted by atomic mass is 32.2. The summed E-state index contributed by atoms with van der Waals surface area (Å²) in [6, 6.07) is 11.7. The molecule has 52 heavy (non-hydrogen) atoms. The molecule has 0 bridgehead atoms. The zero-order valence-electron chi connectivity index (χ0n) is 31.2. The molecule has 276 valence electrons. The molecule has 11 nitrogen and oxygen atoms in total. The topological polar surface area (TPSA) is 119 Å². The number of sulfonamides is 1. The predicted molar refractivity (Wildman–Crippen MR) is 205 cm³/mol. The SMILES string of the molecule is CCn1nc(C)c(C2=Cc3cc(OC)ccc3-c3c(C4CCCCC4)c4ccc(C(=O)NS(=O)(=O)C(C)C)cc4n3C2)c1C(=O)N1CCN(C)CC1. The number of amides is 2. The van der Waals surface area contributed by atoms with Crippen LogP contribution in [-0.4, -0.2) is 90.0 Å². The predicted octanol–water partition coefficient (Wildman–Crippen LogP) is 6.30. The number of allylic oxidation sites excluding steroid dienone is 1. The Hall–Kier alpha value is -4.42. The van der Waals surface area contributed by atoms with Crippen molar-refractivity contribution in [1.29, 1.82) is 0 Å². The van der Waals surface area contributed by atoms with Gasteiger partial charge in [0.1, 0.15) is 11.4 Å². The molecule has 4 aromatic rings. The number of benzene rings is 2. The van der Waals surface area contributed by atoms with Gasteiger partial charge in [0.15, 0.2) is 0 Å². The van der Waals surface area contributed by atoms with Gasteiger partial charge in [-0.15, -0.1) is 0 Å². The maximum absolute atomic E-state index is 14.4. The van der Waals surface area contributed by atoms with Gasteiger partial charge < -0.3 is 19.1 Å². The third kappa shape index (κ3) is 6.44. The van der Waals surface area contributed by atoms with Crippen molar-refractivity contribution in [1.82, 2.24) is 28.9 Å². The number of ether oxygens (including phenoxy) is 1. The molecule has 0 unspecified atom stereocenters. The summed E-state index contributed by atoms with van der Waals surface area (Å²) in [6.45, 7) is 11.0. The number of likely N-dealkylation sites (N-methyl/N-ethyl adjacent to an activating group) is 1. The minimum absolute atomic E-state index is 0.0210. The maximum atomic E-state index is 14.4. The Morgan fingerprint density at radius 3 is 2.42 bits per heavy atom. The molecule has 7 rings (SSSR count). The third-order valence-electron chi connectivity index (χ3n) is 11.1. The highest BCUT2D eigenvalue weighted by molar-refractivity contribution is 7.90. The first-order chi connectivity index (χ1) is 24.9. The monoisotopic (exact) mass is 726 g/mol. The molecule has 2 aromatic carbocycles. The lowest BCUT2D eigenvalue weighted by Crippen LogP contribution is -2.47. The van der Waals surface area contributed by atoms with Gasteiger partial charge in [-0.2, -0.15) is 5.10 Å². The normalized spacial score (nSPS) is 17.1. The summed E-state index contributed by atoms with van der Waals surface area (Å²) in [7, 11) is -0.0845. The summed E-state index contributed by atoms with van der Waals surface area (Å²) in [5.74, 6) is 0.384. The van der Waals surface area contributed by atoms with Gasteiger partial charge in [-0.3, -0.25) is 14.3 Å². The van der Waals surface area contributed by atoms with Crippen molar-refractivity contribution < 1.29 is 22.7 Å². The molecule has 2 amide bonds. The lowest BCUT2D eigenvalue weighted by Gasteiger charge is -2.32. The second kappa shape index (κ2) is 14.2. The van der Waals surface area contributed by atoms with Crippen LogP contribution in [-0.2, 0) is 23.1 Å². The smallest absolute Gasteiger partial charge is 0.272 e. The molecule has 2 aromatic heterocycles. The zero-order valence-corrected chi connectivity index (χ0v) is 32.0. The molecule has 4 heterocycles. The van der Waals surface area contributed by atoms with E-state index in [-0.39, 0.29) is 11.5 Å². The summed E-state index contributed by atoms with van der Waals surface area (Å²) in [6.07, 6.45) is 7.83. The van der Waals surface area contributed by atoms with Gasteiger partial charge in [0, 0.05) is 66.9 Å². The summed E-state index contributed by atoms with van der Waals surface area (Å²) in [4.78, 5) is 32.1. The average Bonchev–Trinajstić information content (AvgIpc) is 3.58. The molecule has 0 spiro atoms. The Balaban J connectivity index is 1.46. The van der Waals surface area contributed by atoms with Crippen LogP contribution in [0.15, 0.2) is 36.4 Å². The van der Waals surface area contributed by atoms with Crippen molar-refractivity contribution in [2.24, 2.45) is 0 Å². The molecule has 1 N–H and O–H groups in total. The van der Waals surface area contributed by atoms with Crippen molar-refractivity contribution in [3.8, 4) is 17.0 Å². The number of aryl methyl sites for hydroxylation is 2. The molecule has 2 fully saturated rings. The fourth-order valence-electron chi connectivity index (χ4n) is 8.21. The summed E-state index contributed by atoms with van der Waals surface area (Å²) in [5.41, 5.74) is 8.64. The lowest BCUT2D eigenvalue weighted by atomic mass is 9.81. The Labute approximate surface area is 306 Å². The number of hydrogen-bond acceptors (Lipinski definition) is 7. The minimum Gasteiger partial charge on any atom is -0.497 e. The van der Waals surface area contributed by atoms with Gasteiger partial charge in [-0.1, -0.05) is 25.3 Å². The van der Waals surface area contributed by atoms with Crippen LogP contribution >= 0.6 is 0 Å². The van der Waals surface area contributed by atoms with E-state index in [1.54, 1.807) is 27.0 Å². The first kappa shape index (κ1) is 36.0. The van der Waals surface area contributed by atoms with Crippen LogP contribution in [0.4, 0.5) is 0 Å². The van der Waals surface area contributed by atoms with Crippen LogP contribution in [0.3, 0.4) is 0 Å². The van der Waals surface area contributed by atoms with E-state index in [4.69, 9.17) is 9.84 Å². The molecule has 3 aliphatic rings. The van der Waals surface area contributed by atoms with E-state index in [1.165, 1.54) is 12.0 Å². The van der Waals surface area contributed by atoms with Crippen molar-refractivity contribution in [2.45, 2.75) is 84.1 Å². The summed E-state index contributed by atoms with van der Waals surface area (Å²) in [5, 5.41) is 5.22. The molecular weight excluding hydrogens is 677 g/mol. The quantitative estimate of drug-likeness (QED) is 0.227. The van der Waals surface area contributed by atoms with E-state index in [0.29, 0.717) is 37.8 Å². The average molecular weight is 727 g/mol. The van der Waals surface area contributed by atoms with Crippen LogP contribution in [0.25, 0.3) is 33.8 Å². The summed E-state index contributed by atoms with van der Waals surface area (Å²) < 4.78 is 37.6. The second-order valence-corrected chi connectivity index (χ2v) is 17.0. The third-order valence-corrected chi connectivity index (χ3v) is 12.9. The van der Waals surface area contributed by atoms with Crippen molar-refractivity contribution in [2.75, 3.05) is 40.3 Å². The number of nitrogens with zero attached hydrogens (tertiary/aromatic N) is 5. The Kier molecular flexibility index (Phi) is 9.81. The molecular formula is C40H50N6O5S. The lowest BCUT2D eigenvalue weighted by molar-refractivity contribution is 0.0651. The number of carbonyl (C=O) groups is 2. The summed E-state index contributed by atoms with van der Waals surface area (Å²) >= 11 is 0. The van der Waals surface area contributed by atoms with Crippen molar-refractivity contribution in [3.63, 3.8) is 0 Å². The molecule has 1 saturated carbocycles. The number of piperazine rings is 1. The van der Waals surface area contributed by atoms with Crippen LogP contribution in [0, 0.1) is 6.92 Å². The fraction of sp³-hybridized carbons (Fsp3) is 0.475. The van der Waals surface area contributed by atoms with E-state index in [9.17, 15) is 18.0 Å². The Bertz CT molecular complexity index is 2180. The van der Waals surface area contributed by atoms with Gasteiger partial charge >= 0.3 is 0 Å². The maximum Gasteiger partial charge on any atom is 0.272 e. The van der Waals surface area contributed by atoms with E-state index in [0.717, 1.165) is 89.1 Å². The van der Waals surface area contributed by atoms with Crippen LogP contribution in [0.2, 0.25) is 0 Å². The van der Waals surface area contributed by atoms with Crippen molar-refractivity contribution in [3.05, 3.63) is 70.0 Å². The minimum atomic E-state index is -3.83. The first-order valence-corrected chi connectivity index (χ1v) is 20.1. The number of rotatable bonds is 8. The van der Waals surface area contributed by atoms with E-state index >= 15 is 0 Å². The van der Waals surface area contributed by atoms with Gasteiger partial charge in [-0.05, 0) is 107 Å².